The van der Waals surface area contributed by atoms with Crippen LogP contribution in [0.3, 0.4) is 0 Å². The number of halogens is 1. The fraction of sp³-hybridized carbons (Fsp3) is 0.440. The van der Waals surface area contributed by atoms with E-state index in [0.29, 0.717) is 0 Å². The molecule has 184 valence electrons. The number of carbonyl (C=O) groups excluding carboxylic acids is 1. The van der Waals surface area contributed by atoms with Crippen molar-refractivity contribution in [1.82, 2.24) is 9.88 Å². The van der Waals surface area contributed by atoms with Gasteiger partial charge in [-0.1, -0.05) is 30.3 Å². The number of amides is 1. The van der Waals surface area contributed by atoms with Crippen molar-refractivity contribution in [1.29, 1.82) is 0 Å². The molecule has 2 aromatic rings. The number of rotatable bonds is 4. The smallest absolute Gasteiger partial charge is 0.413 e. The average molecular weight is 491 g/mol. The lowest BCUT2D eigenvalue weighted by Gasteiger charge is -2.37. The molecule has 7 nitrogen and oxygen atoms in total. The molecule has 9 heteroatoms. The van der Waals surface area contributed by atoms with Gasteiger partial charge < -0.3 is 9.47 Å². The molecule has 0 spiro atoms. The molecular formula is C25H31FN2O5S. The normalized spacial score (nSPS) is 24.2. The predicted molar refractivity (Wildman–Crippen MR) is 131 cm³/mol. The van der Waals surface area contributed by atoms with Crippen LogP contribution >= 0.6 is 10.6 Å². The van der Waals surface area contributed by atoms with E-state index in [1.54, 1.807) is 40.8 Å². The second kappa shape index (κ2) is 8.64. The van der Waals surface area contributed by atoms with Crippen molar-refractivity contribution in [2.45, 2.75) is 58.1 Å². The van der Waals surface area contributed by atoms with E-state index in [2.05, 4.69) is 4.98 Å². The SMILES string of the molecule is CC(C)(C)OC(=O)N1C(CF)C(c2ccc(-c3ccc(C4=CS(O)(O)C4)nc3)cc2)OC1(C)C. The van der Waals surface area contributed by atoms with E-state index < -0.39 is 46.8 Å². The minimum absolute atomic E-state index is 0.238. The lowest BCUT2D eigenvalue weighted by Crippen LogP contribution is -2.50. The quantitative estimate of drug-likeness (QED) is 0.527. The van der Waals surface area contributed by atoms with E-state index in [-0.39, 0.29) is 5.75 Å². The average Bonchev–Trinajstić information content (AvgIpc) is 3.01. The Kier molecular flexibility index (Phi) is 6.27. The summed E-state index contributed by atoms with van der Waals surface area (Å²) in [4.78, 5) is 18.6. The third-order valence-electron chi connectivity index (χ3n) is 5.79. The van der Waals surface area contributed by atoms with Gasteiger partial charge >= 0.3 is 6.09 Å². The highest BCUT2D eigenvalue weighted by molar-refractivity contribution is 8.28. The highest BCUT2D eigenvalue weighted by Gasteiger charge is 2.51. The first-order valence-electron chi connectivity index (χ1n) is 11.1. The number of hydrogen-bond donors (Lipinski definition) is 2. The van der Waals surface area contributed by atoms with Gasteiger partial charge in [0.2, 0.25) is 0 Å². The van der Waals surface area contributed by atoms with Crippen molar-refractivity contribution in [3.8, 4) is 11.1 Å². The van der Waals surface area contributed by atoms with E-state index in [1.165, 1.54) is 10.3 Å². The minimum Gasteiger partial charge on any atom is -0.444 e. The summed E-state index contributed by atoms with van der Waals surface area (Å²) in [6, 6.07) is 10.5. The lowest BCUT2D eigenvalue weighted by atomic mass is 9.99. The van der Waals surface area contributed by atoms with Gasteiger partial charge in [0.1, 0.15) is 24.1 Å². The molecule has 2 atom stereocenters. The van der Waals surface area contributed by atoms with Crippen LogP contribution < -0.4 is 0 Å². The fourth-order valence-electron chi connectivity index (χ4n) is 4.27. The molecule has 2 aliphatic rings. The number of hydrogen-bond acceptors (Lipinski definition) is 6. The molecule has 1 aromatic carbocycles. The van der Waals surface area contributed by atoms with Crippen LogP contribution in [-0.4, -0.2) is 54.9 Å². The van der Waals surface area contributed by atoms with Gasteiger partial charge in [0, 0.05) is 22.7 Å². The van der Waals surface area contributed by atoms with Crippen molar-refractivity contribution in [3.05, 3.63) is 59.3 Å². The van der Waals surface area contributed by atoms with Crippen LogP contribution in [0.5, 0.6) is 0 Å². The molecular weight excluding hydrogens is 459 g/mol. The Balaban J connectivity index is 1.52. The Bertz CT molecular complexity index is 1090. The van der Waals surface area contributed by atoms with Crippen molar-refractivity contribution in [2.75, 3.05) is 12.4 Å². The number of nitrogens with zero attached hydrogens (tertiary/aromatic N) is 2. The summed E-state index contributed by atoms with van der Waals surface area (Å²) in [5.74, 6) is 0.238. The number of alkyl halides is 1. The van der Waals surface area contributed by atoms with Crippen LogP contribution in [0.4, 0.5) is 9.18 Å². The van der Waals surface area contributed by atoms with Crippen LogP contribution in [0, 0.1) is 0 Å². The Labute approximate surface area is 200 Å². The number of carbonyl (C=O) groups is 1. The van der Waals surface area contributed by atoms with Crippen LogP contribution in [0.15, 0.2) is 48.0 Å². The van der Waals surface area contributed by atoms with E-state index in [4.69, 9.17) is 9.47 Å². The molecule has 0 saturated carbocycles. The van der Waals surface area contributed by atoms with Crippen LogP contribution in [0.2, 0.25) is 0 Å². The van der Waals surface area contributed by atoms with Crippen molar-refractivity contribution < 1.29 is 27.8 Å². The Morgan fingerprint density at radius 3 is 2.32 bits per heavy atom. The van der Waals surface area contributed by atoms with Gasteiger partial charge in [-0.2, -0.15) is 10.6 Å². The second-order valence-electron chi connectivity index (χ2n) is 10.1. The lowest BCUT2D eigenvalue weighted by molar-refractivity contribution is -0.0797. The zero-order valence-electron chi connectivity index (χ0n) is 20.0. The minimum atomic E-state index is -2.56. The second-order valence-corrected chi connectivity index (χ2v) is 12.1. The van der Waals surface area contributed by atoms with Gasteiger partial charge in [-0.05, 0) is 51.8 Å². The first kappa shape index (κ1) is 24.7. The molecule has 1 aromatic heterocycles. The summed E-state index contributed by atoms with van der Waals surface area (Å²) in [6.45, 7) is 8.02. The van der Waals surface area contributed by atoms with E-state index in [1.807, 2.05) is 36.4 Å². The standard InChI is InChI=1S/C25H31FN2O5S/c1-24(2,3)33-23(29)28-21(12-26)22(32-25(28,4)5)17-8-6-16(7-9-17)18-10-11-20(27-13-18)19-14-34(30,31)15-19/h6-11,13-14,21-22,30-31H,12,15H2,1-5H3. The third-order valence-corrected chi connectivity index (χ3v) is 7.19. The number of aromatic nitrogens is 1. The molecule has 0 aliphatic carbocycles. The molecule has 1 amide bonds. The Morgan fingerprint density at radius 2 is 1.82 bits per heavy atom. The summed E-state index contributed by atoms with van der Waals surface area (Å²) in [5.41, 5.74) is 2.41. The van der Waals surface area contributed by atoms with Crippen LogP contribution in [0.1, 0.15) is 52.0 Å². The van der Waals surface area contributed by atoms with Crippen LogP contribution in [0.25, 0.3) is 16.7 Å². The summed E-state index contributed by atoms with van der Waals surface area (Å²) in [5, 5.41) is 1.47. The van der Waals surface area contributed by atoms with Crippen molar-refractivity contribution >= 4 is 22.3 Å². The zero-order valence-corrected chi connectivity index (χ0v) is 20.8. The molecule has 1 fully saturated rings. The number of benzene rings is 1. The molecule has 0 bridgehead atoms. The van der Waals surface area contributed by atoms with Gasteiger partial charge in [-0.15, -0.1) is 0 Å². The predicted octanol–water partition coefficient (Wildman–Crippen LogP) is 6.24. The van der Waals surface area contributed by atoms with Crippen LogP contribution in [-0.2, 0) is 9.47 Å². The van der Waals surface area contributed by atoms with E-state index in [9.17, 15) is 18.3 Å². The molecule has 0 radical (unpaired) electrons. The third kappa shape index (κ3) is 4.98. The summed E-state index contributed by atoms with van der Waals surface area (Å²) < 4.78 is 44.9. The zero-order chi connectivity index (χ0) is 24.9. The van der Waals surface area contributed by atoms with Gasteiger partial charge in [0.15, 0.2) is 0 Å². The summed E-state index contributed by atoms with van der Waals surface area (Å²) in [6.07, 6.45) is 0.500. The summed E-state index contributed by atoms with van der Waals surface area (Å²) >= 11 is 0. The monoisotopic (exact) mass is 490 g/mol. The maximum Gasteiger partial charge on any atom is 0.413 e. The fourth-order valence-corrected chi connectivity index (χ4v) is 5.41. The number of pyridine rings is 1. The van der Waals surface area contributed by atoms with Gasteiger partial charge in [-0.3, -0.25) is 19.0 Å². The molecule has 2 N–H and O–H groups in total. The molecule has 3 heterocycles. The largest absolute Gasteiger partial charge is 0.444 e. The maximum atomic E-state index is 14.2. The molecule has 1 saturated heterocycles. The van der Waals surface area contributed by atoms with E-state index >= 15 is 0 Å². The topological polar surface area (TPSA) is 92.1 Å². The highest BCUT2D eigenvalue weighted by atomic mass is 32.3. The molecule has 2 aliphatic heterocycles. The molecule has 4 rings (SSSR count). The van der Waals surface area contributed by atoms with Gasteiger partial charge in [0.05, 0.1) is 17.5 Å². The van der Waals surface area contributed by atoms with Crippen molar-refractivity contribution in [2.24, 2.45) is 0 Å². The van der Waals surface area contributed by atoms with Crippen molar-refractivity contribution in [3.63, 3.8) is 0 Å². The van der Waals surface area contributed by atoms with Gasteiger partial charge in [-0.25, -0.2) is 9.18 Å². The molecule has 2 unspecified atom stereocenters. The summed E-state index contributed by atoms with van der Waals surface area (Å²) in [7, 11) is -2.56. The first-order chi connectivity index (χ1) is 15.8. The highest BCUT2D eigenvalue weighted by Crippen LogP contribution is 2.54. The first-order valence-corrected chi connectivity index (χ1v) is 12.9. The maximum absolute atomic E-state index is 14.2. The number of ether oxygens (including phenoxy) is 2. The Morgan fingerprint density at radius 1 is 1.21 bits per heavy atom. The van der Waals surface area contributed by atoms with E-state index in [0.717, 1.165) is 28.0 Å². The Hall–Kier alpha value is -2.46. The van der Waals surface area contributed by atoms with Gasteiger partial charge in [0.25, 0.3) is 0 Å². The molecule has 34 heavy (non-hydrogen) atoms.